The predicted octanol–water partition coefficient (Wildman–Crippen LogP) is 3.17. The molecule has 0 amide bonds. The molecule has 124 valence electrons. The molecule has 23 heavy (non-hydrogen) atoms. The van der Waals surface area contributed by atoms with E-state index in [1.807, 2.05) is 29.2 Å². The molecule has 0 bridgehead atoms. The molecule has 0 aliphatic carbocycles. The third-order valence-corrected chi connectivity index (χ3v) is 4.16. The summed E-state index contributed by atoms with van der Waals surface area (Å²) in [5, 5.41) is 6.51. The fourth-order valence-electron chi connectivity index (χ4n) is 2.44. The Balaban J connectivity index is 1.55. The average molecular weight is 391 g/mol. The van der Waals surface area contributed by atoms with Crippen LogP contribution in [0.15, 0.2) is 33.2 Å². The summed E-state index contributed by atoms with van der Waals surface area (Å²) in [6.07, 6.45) is -4.59. The normalized spacial score (nSPS) is 16.8. The van der Waals surface area contributed by atoms with E-state index in [0.29, 0.717) is 0 Å². The lowest BCUT2D eigenvalue weighted by molar-refractivity contribution is -0.157. The van der Waals surface area contributed by atoms with E-state index in [1.54, 1.807) is 0 Å². The molecule has 0 radical (unpaired) electrons. The fraction of sp³-hybridized carbons (Fsp3) is 0.429. The molecule has 1 aliphatic heterocycles. The Hall–Kier alpha value is -1.61. The van der Waals surface area contributed by atoms with Gasteiger partial charge < -0.3 is 9.32 Å². The van der Waals surface area contributed by atoms with Gasteiger partial charge in [0.15, 0.2) is 0 Å². The molecule has 1 saturated heterocycles. The number of piperazine rings is 1. The van der Waals surface area contributed by atoms with E-state index in [0.717, 1.165) is 36.3 Å². The molecule has 1 aromatic carbocycles. The Kier molecular flexibility index (Phi) is 4.58. The number of anilines is 1. The second-order valence-corrected chi connectivity index (χ2v) is 6.15. The third kappa shape index (κ3) is 4.03. The van der Waals surface area contributed by atoms with Gasteiger partial charge in [0, 0.05) is 36.3 Å². The summed E-state index contributed by atoms with van der Waals surface area (Å²) in [7, 11) is 0. The van der Waals surface area contributed by atoms with Crippen molar-refractivity contribution in [3.8, 4) is 0 Å². The highest BCUT2D eigenvalue weighted by atomic mass is 79.9. The van der Waals surface area contributed by atoms with Crippen molar-refractivity contribution >= 4 is 21.6 Å². The first kappa shape index (κ1) is 16.3. The summed E-state index contributed by atoms with van der Waals surface area (Å²) in [6.45, 7) is 3.26. The summed E-state index contributed by atoms with van der Waals surface area (Å²) in [6, 6.07) is 8.04. The van der Waals surface area contributed by atoms with Crippen molar-refractivity contribution in [2.24, 2.45) is 0 Å². The van der Waals surface area contributed by atoms with Gasteiger partial charge in [-0.1, -0.05) is 15.9 Å². The van der Waals surface area contributed by atoms with Crippen LogP contribution in [0, 0.1) is 0 Å². The van der Waals surface area contributed by atoms with E-state index in [2.05, 4.69) is 35.4 Å². The van der Waals surface area contributed by atoms with Gasteiger partial charge in [-0.05, 0) is 24.3 Å². The van der Waals surface area contributed by atoms with Crippen LogP contribution in [-0.4, -0.2) is 41.3 Å². The Labute approximate surface area is 139 Å². The number of hydrogen-bond acceptors (Lipinski definition) is 5. The summed E-state index contributed by atoms with van der Waals surface area (Å²) < 4.78 is 43.0. The zero-order chi connectivity index (χ0) is 16.4. The van der Waals surface area contributed by atoms with Crippen LogP contribution in [0.5, 0.6) is 0 Å². The van der Waals surface area contributed by atoms with E-state index in [9.17, 15) is 13.2 Å². The molecule has 3 rings (SSSR count). The fourth-order valence-corrected chi connectivity index (χ4v) is 2.70. The van der Waals surface area contributed by atoms with Gasteiger partial charge in [-0.2, -0.15) is 13.2 Å². The molecule has 9 heteroatoms. The van der Waals surface area contributed by atoms with E-state index >= 15 is 0 Å². The first-order chi connectivity index (χ1) is 10.9. The van der Waals surface area contributed by atoms with Crippen LogP contribution in [0.1, 0.15) is 11.8 Å². The zero-order valence-electron chi connectivity index (χ0n) is 12.1. The van der Waals surface area contributed by atoms with Crippen LogP contribution in [0.25, 0.3) is 0 Å². The molecular formula is C14H14BrF3N4O. The highest BCUT2D eigenvalue weighted by Crippen LogP contribution is 2.28. The second-order valence-electron chi connectivity index (χ2n) is 5.24. The molecule has 0 N–H and O–H groups in total. The molecule has 0 atom stereocenters. The van der Waals surface area contributed by atoms with Crippen molar-refractivity contribution in [3.05, 3.63) is 40.5 Å². The van der Waals surface area contributed by atoms with Crippen LogP contribution < -0.4 is 4.90 Å². The van der Waals surface area contributed by atoms with Crippen LogP contribution in [0.2, 0.25) is 0 Å². The Morgan fingerprint density at radius 3 is 2.26 bits per heavy atom. The van der Waals surface area contributed by atoms with E-state index in [-0.39, 0.29) is 12.4 Å². The van der Waals surface area contributed by atoms with E-state index in [4.69, 9.17) is 0 Å². The molecule has 1 fully saturated rings. The smallest absolute Gasteiger partial charge is 0.416 e. The zero-order valence-corrected chi connectivity index (χ0v) is 13.6. The number of hydrogen-bond donors (Lipinski definition) is 0. The largest absolute Gasteiger partial charge is 0.470 e. The van der Waals surface area contributed by atoms with Crippen molar-refractivity contribution in [2.45, 2.75) is 12.7 Å². The van der Waals surface area contributed by atoms with Gasteiger partial charge in [0.2, 0.25) is 5.89 Å². The Bertz CT molecular complexity index is 651. The number of aromatic nitrogens is 2. The van der Waals surface area contributed by atoms with Gasteiger partial charge in [0.25, 0.3) is 0 Å². The van der Waals surface area contributed by atoms with Crippen LogP contribution in [0.4, 0.5) is 18.9 Å². The second kappa shape index (κ2) is 6.48. The lowest BCUT2D eigenvalue weighted by atomic mass is 10.2. The molecule has 2 heterocycles. The van der Waals surface area contributed by atoms with E-state index < -0.39 is 12.1 Å². The number of benzene rings is 1. The van der Waals surface area contributed by atoms with Crippen molar-refractivity contribution in [2.75, 3.05) is 31.1 Å². The van der Waals surface area contributed by atoms with Crippen molar-refractivity contribution in [1.82, 2.24) is 15.1 Å². The summed E-state index contributed by atoms with van der Waals surface area (Å²) >= 11 is 3.40. The highest BCUT2D eigenvalue weighted by molar-refractivity contribution is 9.10. The maximum Gasteiger partial charge on any atom is 0.470 e. The number of rotatable bonds is 3. The number of nitrogens with zero attached hydrogens (tertiary/aromatic N) is 4. The summed E-state index contributed by atoms with van der Waals surface area (Å²) in [4.78, 5) is 4.24. The minimum atomic E-state index is -4.59. The molecule has 1 aromatic heterocycles. The van der Waals surface area contributed by atoms with Crippen LogP contribution in [0.3, 0.4) is 0 Å². The Morgan fingerprint density at radius 2 is 1.70 bits per heavy atom. The van der Waals surface area contributed by atoms with Crippen molar-refractivity contribution < 1.29 is 17.6 Å². The van der Waals surface area contributed by atoms with Crippen LogP contribution >= 0.6 is 15.9 Å². The lowest BCUT2D eigenvalue weighted by Gasteiger charge is -2.35. The van der Waals surface area contributed by atoms with Gasteiger partial charge in [-0.25, -0.2) is 0 Å². The molecule has 1 aliphatic rings. The predicted molar refractivity (Wildman–Crippen MR) is 80.9 cm³/mol. The van der Waals surface area contributed by atoms with Crippen molar-refractivity contribution in [1.29, 1.82) is 0 Å². The van der Waals surface area contributed by atoms with Gasteiger partial charge >= 0.3 is 12.1 Å². The summed E-state index contributed by atoms with van der Waals surface area (Å²) in [5.74, 6) is -1.30. The Morgan fingerprint density at radius 1 is 1.04 bits per heavy atom. The minimum Gasteiger partial charge on any atom is -0.416 e. The third-order valence-electron chi connectivity index (χ3n) is 3.63. The number of halogens is 4. The summed E-state index contributed by atoms with van der Waals surface area (Å²) in [5.41, 5.74) is 1.13. The lowest BCUT2D eigenvalue weighted by Crippen LogP contribution is -2.46. The molecule has 5 nitrogen and oxygen atoms in total. The average Bonchev–Trinajstić information content (AvgIpc) is 2.98. The monoisotopic (exact) mass is 390 g/mol. The quantitative estimate of drug-likeness (QED) is 0.805. The van der Waals surface area contributed by atoms with Gasteiger partial charge in [0.1, 0.15) is 0 Å². The first-order valence-corrected chi connectivity index (χ1v) is 7.83. The topological polar surface area (TPSA) is 45.4 Å². The molecule has 0 spiro atoms. The molecule has 0 saturated carbocycles. The molecule has 0 unspecified atom stereocenters. The highest BCUT2D eigenvalue weighted by Gasteiger charge is 2.38. The minimum absolute atomic E-state index is 0.00517. The van der Waals surface area contributed by atoms with Gasteiger partial charge in [0.05, 0.1) is 6.54 Å². The van der Waals surface area contributed by atoms with Gasteiger partial charge in [-0.3, -0.25) is 4.90 Å². The number of alkyl halides is 3. The maximum atomic E-state index is 12.4. The first-order valence-electron chi connectivity index (χ1n) is 7.04. The molecule has 2 aromatic rings. The standard InChI is InChI=1S/C14H14BrF3N4O/c15-10-1-3-11(4-2-10)22-7-5-21(6-8-22)9-12-19-20-13(23-12)14(16,17)18/h1-4H,5-9H2. The van der Waals surface area contributed by atoms with E-state index in [1.165, 1.54) is 0 Å². The SMILES string of the molecule is FC(F)(F)c1nnc(CN2CCN(c3ccc(Br)cc3)CC2)o1. The maximum absolute atomic E-state index is 12.4. The van der Waals surface area contributed by atoms with Crippen molar-refractivity contribution in [3.63, 3.8) is 0 Å². The van der Waals surface area contributed by atoms with Gasteiger partial charge in [-0.15, -0.1) is 10.2 Å². The van der Waals surface area contributed by atoms with Crippen LogP contribution in [-0.2, 0) is 12.7 Å². The molecular weight excluding hydrogens is 377 g/mol.